The highest BCUT2D eigenvalue weighted by molar-refractivity contribution is 9.10. The summed E-state index contributed by atoms with van der Waals surface area (Å²) in [5.41, 5.74) is -0.160. The smallest absolute Gasteiger partial charge is 0.320 e. The molecule has 0 aromatic heterocycles. The highest BCUT2D eigenvalue weighted by Crippen LogP contribution is 2.27. The summed E-state index contributed by atoms with van der Waals surface area (Å²) in [6.07, 6.45) is 1.18. The van der Waals surface area contributed by atoms with E-state index in [9.17, 15) is 18.4 Å². The molecule has 1 aliphatic heterocycles. The van der Waals surface area contributed by atoms with Crippen molar-refractivity contribution in [2.45, 2.75) is 18.9 Å². The summed E-state index contributed by atoms with van der Waals surface area (Å²) in [4.78, 5) is 24.4. The molecule has 2 rings (SSSR count). The van der Waals surface area contributed by atoms with Crippen LogP contribution in [0.1, 0.15) is 12.8 Å². The number of hydrogen-bond donors (Lipinski definition) is 2. The maximum Gasteiger partial charge on any atom is 0.320 e. The van der Waals surface area contributed by atoms with Crippen molar-refractivity contribution in [1.29, 1.82) is 0 Å². The number of aliphatic carboxylic acids is 1. The maximum atomic E-state index is 13.6. The molecule has 1 fully saturated rings. The third kappa shape index (κ3) is 4.37. The van der Waals surface area contributed by atoms with Gasteiger partial charge in [0.25, 0.3) is 0 Å². The number of hydrogen-bond acceptors (Lipinski definition) is 3. The topological polar surface area (TPSA) is 69.6 Å². The van der Waals surface area contributed by atoms with Crippen LogP contribution < -0.4 is 5.32 Å². The highest BCUT2D eigenvalue weighted by Gasteiger charge is 2.31. The summed E-state index contributed by atoms with van der Waals surface area (Å²) >= 11 is 2.97. The van der Waals surface area contributed by atoms with Crippen LogP contribution in [-0.4, -0.2) is 41.0 Å². The number of nitrogens with one attached hydrogen (secondary N) is 1. The third-order valence-corrected chi connectivity index (χ3v) is 3.89. The van der Waals surface area contributed by atoms with Crippen molar-refractivity contribution in [3.8, 4) is 0 Å². The van der Waals surface area contributed by atoms with E-state index in [0.29, 0.717) is 25.5 Å². The number of benzene rings is 1. The molecule has 0 aliphatic carbocycles. The largest absolute Gasteiger partial charge is 0.480 e. The standard InChI is InChI=1S/C13H13BrF2N2O3.ClH/c14-8-4-7(15)5-9(16)12(8)17-11(19)6-18-3-1-2-10(18)13(20)21;/h4-5,10H,1-3,6H2,(H,17,19)(H,20,21);1H/t10-;/m0./s1. The van der Waals surface area contributed by atoms with Gasteiger partial charge in [-0.1, -0.05) is 0 Å². The minimum Gasteiger partial charge on any atom is -0.480 e. The molecule has 0 bridgehead atoms. The Morgan fingerprint density at radius 2 is 2.09 bits per heavy atom. The van der Waals surface area contributed by atoms with Crippen molar-refractivity contribution in [3.63, 3.8) is 0 Å². The number of rotatable bonds is 4. The lowest BCUT2D eigenvalue weighted by Gasteiger charge is -2.20. The first-order chi connectivity index (χ1) is 9.88. The number of amides is 1. The second-order valence-electron chi connectivity index (χ2n) is 4.76. The summed E-state index contributed by atoms with van der Waals surface area (Å²) in [5.74, 6) is -3.18. The van der Waals surface area contributed by atoms with Gasteiger partial charge in [-0.25, -0.2) is 8.78 Å². The Hall–Kier alpha value is -1.25. The van der Waals surface area contributed by atoms with Crippen LogP contribution >= 0.6 is 28.3 Å². The lowest BCUT2D eigenvalue weighted by atomic mass is 10.2. The first kappa shape index (κ1) is 18.8. The molecule has 22 heavy (non-hydrogen) atoms. The normalized spacial score (nSPS) is 17.9. The fourth-order valence-corrected chi connectivity index (χ4v) is 2.83. The van der Waals surface area contributed by atoms with Crippen LogP contribution in [0.4, 0.5) is 14.5 Å². The quantitative estimate of drug-likeness (QED) is 0.817. The average molecular weight is 400 g/mol. The van der Waals surface area contributed by atoms with Crippen LogP contribution in [0.15, 0.2) is 16.6 Å². The van der Waals surface area contributed by atoms with Crippen molar-refractivity contribution in [1.82, 2.24) is 4.90 Å². The van der Waals surface area contributed by atoms with Gasteiger partial charge in [0, 0.05) is 10.5 Å². The van der Waals surface area contributed by atoms with Gasteiger partial charge in [0.05, 0.1) is 12.2 Å². The minimum atomic E-state index is -0.977. The first-order valence-corrected chi connectivity index (χ1v) is 7.09. The van der Waals surface area contributed by atoms with Crippen LogP contribution in [0.2, 0.25) is 0 Å². The Morgan fingerprint density at radius 3 is 2.68 bits per heavy atom. The molecule has 1 aromatic rings. The number of anilines is 1. The molecule has 0 radical (unpaired) electrons. The van der Waals surface area contributed by atoms with Gasteiger partial charge >= 0.3 is 5.97 Å². The van der Waals surface area contributed by atoms with E-state index >= 15 is 0 Å². The Balaban J connectivity index is 0.00000242. The number of halogens is 4. The van der Waals surface area contributed by atoms with Crippen molar-refractivity contribution in [2.75, 3.05) is 18.4 Å². The van der Waals surface area contributed by atoms with Gasteiger partial charge in [-0.15, -0.1) is 12.4 Å². The average Bonchev–Trinajstić information content (AvgIpc) is 2.82. The molecule has 2 N–H and O–H groups in total. The van der Waals surface area contributed by atoms with Crippen molar-refractivity contribution in [3.05, 3.63) is 28.2 Å². The number of likely N-dealkylation sites (tertiary alicyclic amines) is 1. The van der Waals surface area contributed by atoms with E-state index in [-0.39, 0.29) is 29.1 Å². The van der Waals surface area contributed by atoms with E-state index in [1.165, 1.54) is 4.90 Å². The van der Waals surface area contributed by atoms with Gasteiger partial charge in [0.2, 0.25) is 5.91 Å². The minimum absolute atomic E-state index is 0. The molecule has 0 unspecified atom stereocenters. The summed E-state index contributed by atoms with van der Waals surface area (Å²) in [6, 6.07) is 1.00. The zero-order valence-electron chi connectivity index (χ0n) is 11.3. The van der Waals surface area contributed by atoms with Crippen LogP contribution in [-0.2, 0) is 9.59 Å². The predicted octanol–water partition coefficient (Wildman–Crippen LogP) is 2.64. The van der Waals surface area contributed by atoms with Gasteiger partial charge in [0.1, 0.15) is 11.9 Å². The molecule has 1 heterocycles. The molecule has 122 valence electrons. The van der Waals surface area contributed by atoms with Crippen molar-refractivity contribution >= 4 is 45.9 Å². The van der Waals surface area contributed by atoms with Gasteiger partial charge in [-0.3, -0.25) is 14.5 Å². The van der Waals surface area contributed by atoms with E-state index in [1.807, 2.05) is 0 Å². The molecule has 1 saturated heterocycles. The summed E-state index contributed by atoms with van der Waals surface area (Å²) in [7, 11) is 0. The molecule has 1 atom stereocenters. The van der Waals surface area contributed by atoms with Gasteiger partial charge < -0.3 is 10.4 Å². The molecule has 1 amide bonds. The maximum absolute atomic E-state index is 13.6. The monoisotopic (exact) mass is 398 g/mol. The van der Waals surface area contributed by atoms with E-state index in [0.717, 1.165) is 6.07 Å². The van der Waals surface area contributed by atoms with E-state index in [2.05, 4.69) is 21.2 Å². The molecular formula is C13H14BrClF2N2O3. The molecule has 1 aliphatic rings. The Labute approximate surface area is 140 Å². The number of nitrogens with zero attached hydrogens (tertiary/aromatic N) is 1. The Morgan fingerprint density at radius 1 is 1.41 bits per heavy atom. The summed E-state index contributed by atoms with van der Waals surface area (Å²) < 4.78 is 26.6. The highest BCUT2D eigenvalue weighted by atomic mass is 79.9. The fourth-order valence-electron chi connectivity index (χ4n) is 2.32. The second kappa shape index (κ2) is 7.85. The SMILES string of the molecule is Cl.O=C(CN1CCC[C@H]1C(=O)O)Nc1c(F)cc(F)cc1Br. The van der Waals surface area contributed by atoms with Crippen molar-refractivity contribution in [2.24, 2.45) is 0 Å². The predicted molar refractivity (Wildman–Crippen MR) is 82.2 cm³/mol. The fraction of sp³-hybridized carbons (Fsp3) is 0.385. The molecule has 9 heteroatoms. The molecule has 0 saturated carbocycles. The number of carbonyl (C=O) groups is 2. The lowest BCUT2D eigenvalue weighted by molar-refractivity contribution is -0.142. The second-order valence-corrected chi connectivity index (χ2v) is 5.61. The van der Waals surface area contributed by atoms with E-state index < -0.39 is 29.6 Å². The Kier molecular flexibility index (Phi) is 6.70. The lowest BCUT2D eigenvalue weighted by Crippen LogP contribution is -2.41. The number of carboxylic acid groups (broad SMARTS) is 1. The number of carbonyl (C=O) groups excluding carboxylic acids is 1. The van der Waals surface area contributed by atoms with Gasteiger partial charge in [-0.2, -0.15) is 0 Å². The van der Waals surface area contributed by atoms with Crippen LogP contribution in [0.3, 0.4) is 0 Å². The zero-order valence-corrected chi connectivity index (χ0v) is 13.7. The first-order valence-electron chi connectivity index (χ1n) is 6.29. The number of carboxylic acids is 1. The van der Waals surface area contributed by atoms with Crippen molar-refractivity contribution < 1.29 is 23.5 Å². The van der Waals surface area contributed by atoms with Crippen LogP contribution in [0.5, 0.6) is 0 Å². The van der Waals surface area contributed by atoms with Crippen LogP contribution in [0.25, 0.3) is 0 Å². The summed E-state index contributed by atoms with van der Waals surface area (Å²) in [5, 5.41) is 11.4. The van der Waals surface area contributed by atoms with E-state index in [4.69, 9.17) is 5.11 Å². The molecule has 5 nitrogen and oxygen atoms in total. The third-order valence-electron chi connectivity index (χ3n) is 3.27. The van der Waals surface area contributed by atoms with E-state index in [1.54, 1.807) is 0 Å². The zero-order chi connectivity index (χ0) is 15.6. The molecule has 0 spiro atoms. The van der Waals surface area contributed by atoms with Gasteiger partial charge in [0.15, 0.2) is 5.82 Å². The van der Waals surface area contributed by atoms with Crippen LogP contribution in [0, 0.1) is 11.6 Å². The molecule has 1 aromatic carbocycles. The summed E-state index contributed by atoms with van der Waals surface area (Å²) in [6.45, 7) is 0.345. The molecular weight excluding hydrogens is 386 g/mol. The van der Waals surface area contributed by atoms with Gasteiger partial charge in [-0.05, 0) is 41.4 Å². The Bertz CT molecular complexity index is 565.